The molecule has 0 radical (unpaired) electrons. The van der Waals surface area contributed by atoms with Crippen LogP contribution in [0.25, 0.3) is 11.3 Å². The fourth-order valence-corrected chi connectivity index (χ4v) is 3.25. The van der Waals surface area contributed by atoms with Crippen LogP contribution in [0.2, 0.25) is 0 Å². The van der Waals surface area contributed by atoms with Crippen molar-refractivity contribution >= 4 is 16.3 Å². The molecule has 96 valence electrons. The third kappa shape index (κ3) is 2.47. The lowest BCUT2D eigenvalue weighted by Gasteiger charge is -2.08. The molecular weight excluding hydrogens is 252 g/mol. The van der Waals surface area contributed by atoms with Crippen molar-refractivity contribution in [2.75, 3.05) is 12.4 Å². The number of hydrogen-bond acceptors (Lipinski definition) is 3. The maximum absolute atomic E-state index is 4.85. The van der Waals surface area contributed by atoms with Crippen LogP contribution in [0.5, 0.6) is 0 Å². The van der Waals surface area contributed by atoms with Gasteiger partial charge in [0.1, 0.15) is 15.7 Å². The average molecular weight is 268 g/mol. The summed E-state index contributed by atoms with van der Waals surface area (Å²) < 4.78 is 0. The number of rotatable bonds is 3. The predicted molar refractivity (Wildman–Crippen MR) is 82.7 cm³/mol. The van der Waals surface area contributed by atoms with Gasteiger partial charge in [-0.15, -0.1) is 11.3 Å². The molecule has 0 spiro atoms. The number of hydrogen-bond donors (Lipinski definition) is 1. The zero-order chi connectivity index (χ0) is 13.1. The second kappa shape index (κ2) is 5.41. The molecule has 1 aromatic carbocycles. The maximum Gasteiger partial charge on any atom is 0.117 e. The van der Waals surface area contributed by atoms with E-state index in [1.54, 1.807) is 11.3 Å². The van der Waals surface area contributed by atoms with Gasteiger partial charge in [-0.25, -0.2) is 4.98 Å². The van der Waals surface area contributed by atoms with Crippen molar-refractivity contribution in [3.63, 3.8) is 0 Å². The van der Waals surface area contributed by atoms with Gasteiger partial charge in [0.2, 0.25) is 0 Å². The minimum atomic E-state index is 0.416. The third-order valence-corrected chi connectivity index (χ3v) is 4.42. The molecule has 19 heavy (non-hydrogen) atoms. The standard InChI is InChI=1S/C16H16N2S/c1-17-16-14(12-8-4-2-5-9-12)18-15(19-16)13-10-6-3-7-11-13/h2-10,13,17H,11H2,1H3. The molecule has 1 atom stereocenters. The lowest BCUT2D eigenvalue weighted by molar-refractivity contribution is 0.843. The highest BCUT2D eigenvalue weighted by Gasteiger charge is 2.17. The molecular formula is C16H16N2S. The molecule has 2 nitrogen and oxygen atoms in total. The van der Waals surface area contributed by atoms with E-state index in [1.807, 2.05) is 13.1 Å². The summed E-state index contributed by atoms with van der Waals surface area (Å²) in [4.78, 5) is 4.85. The Bertz CT molecular complexity index is 611. The first-order valence-corrected chi connectivity index (χ1v) is 7.27. The van der Waals surface area contributed by atoms with E-state index in [1.165, 1.54) is 10.6 Å². The highest BCUT2D eigenvalue weighted by atomic mass is 32.1. The first-order chi connectivity index (χ1) is 9.38. The normalized spacial score (nSPS) is 17.6. The van der Waals surface area contributed by atoms with Crippen LogP contribution in [0.4, 0.5) is 5.00 Å². The van der Waals surface area contributed by atoms with E-state index >= 15 is 0 Å². The van der Waals surface area contributed by atoms with Gasteiger partial charge in [-0.3, -0.25) is 0 Å². The van der Waals surface area contributed by atoms with E-state index in [0.717, 1.165) is 17.1 Å². The highest BCUT2D eigenvalue weighted by Crippen LogP contribution is 2.37. The summed E-state index contributed by atoms with van der Waals surface area (Å²) >= 11 is 1.75. The fourth-order valence-electron chi connectivity index (χ4n) is 2.22. The zero-order valence-corrected chi connectivity index (χ0v) is 11.7. The Morgan fingerprint density at radius 2 is 2.05 bits per heavy atom. The molecule has 3 rings (SSSR count). The Hall–Kier alpha value is -1.87. The van der Waals surface area contributed by atoms with Crippen LogP contribution >= 0.6 is 11.3 Å². The van der Waals surface area contributed by atoms with E-state index in [2.05, 4.69) is 53.9 Å². The molecule has 1 aliphatic carbocycles. The molecule has 0 amide bonds. The number of nitrogens with zero attached hydrogens (tertiary/aromatic N) is 1. The van der Waals surface area contributed by atoms with Crippen LogP contribution in [0, 0.1) is 0 Å². The Balaban J connectivity index is 1.99. The van der Waals surface area contributed by atoms with Gasteiger partial charge < -0.3 is 5.32 Å². The van der Waals surface area contributed by atoms with Crippen molar-refractivity contribution in [3.8, 4) is 11.3 Å². The molecule has 0 fully saturated rings. The molecule has 1 unspecified atom stereocenters. The highest BCUT2D eigenvalue weighted by molar-refractivity contribution is 7.16. The topological polar surface area (TPSA) is 24.9 Å². The fraction of sp³-hybridized carbons (Fsp3) is 0.188. The quantitative estimate of drug-likeness (QED) is 0.889. The number of nitrogens with one attached hydrogen (secondary N) is 1. The molecule has 1 aliphatic rings. The minimum Gasteiger partial charge on any atom is -0.378 e. The first-order valence-electron chi connectivity index (χ1n) is 6.45. The Kier molecular flexibility index (Phi) is 3.47. The summed E-state index contributed by atoms with van der Waals surface area (Å²) in [5.74, 6) is 0.416. The van der Waals surface area contributed by atoms with E-state index in [-0.39, 0.29) is 0 Å². The molecule has 0 saturated carbocycles. The monoisotopic (exact) mass is 268 g/mol. The van der Waals surface area contributed by atoms with Crippen molar-refractivity contribution in [2.45, 2.75) is 12.3 Å². The number of anilines is 1. The summed E-state index contributed by atoms with van der Waals surface area (Å²) in [6.07, 6.45) is 9.68. The second-order valence-electron chi connectivity index (χ2n) is 4.50. The van der Waals surface area contributed by atoms with Crippen molar-refractivity contribution < 1.29 is 0 Å². The van der Waals surface area contributed by atoms with Gasteiger partial charge in [0.25, 0.3) is 0 Å². The Morgan fingerprint density at radius 3 is 2.74 bits per heavy atom. The van der Waals surface area contributed by atoms with Crippen LogP contribution in [0.15, 0.2) is 54.6 Å². The van der Waals surface area contributed by atoms with E-state index in [0.29, 0.717) is 5.92 Å². The maximum atomic E-state index is 4.85. The van der Waals surface area contributed by atoms with Gasteiger partial charge in [-0.2, -0.15) is 0 Å². The summed E-state index contributed by atoms with van der Waals surface area (Å²) in [5.41, 5.74) is 2.23. The molecule has 3 heteroatoms. The number of allylic oxidation sites excluding steroid dienone is 4. The summed E-state index contributed by atoms with van der Waals surface area (Å²) in [6.45, 7) is 0. The van der Waals surface area contributed by atoms with Gasteiger partial charge >= 0.3 is 0 Å². The van der Waals surface area contributed by atoms with Crippen LogP contribution in [0.3, 0.4) is 0 Å². The van der Waals surface area contributed by atoms with Gasteiger partial charge in [0.15, 0.2) is 0 Å². The number of thiazole rings is 1. The van der Waals surface area contributed by atoms with Crippen molar-refractivity contribution in [3.05, 3.63) is 59.6 Å². The summed E-state index contributed by atoms with van der Waals surface area (Å²) in [6, 6.07) is 10.4. The Labute approximate surface area is 117 Å². The first kappa shape index (κ1) is 12.2. The van der Waals surface area contributed by atoms with Crippen molar-refractivity contribution in [2.24, 2.45) is 0 Å². The number of benzene rings is 1. The van der Waals surface area contributed by atoms with Crippen molar-refractivity contribution in [1.82, 2.24) is 4.98 Å². The molecule has 1 aromatic heterocycles. The second-order valence-corrected chi connectivity index (χ2v) is 5.53. The molecule has 0 saturated heterocycles. The van der Waals surface area contributed by atoms with E-state index in [4.69, 9.17) is 4.98 Å². The largest absolute Gasteiger partial charge is 0.378 e. The lowest BCUT2D eigenvalue weighted by atomic mass is 10.0. The van der Waals surface area contributed by atoms with Crippen LogP contribution in [-0.4, -0.2) is 12.0 Å². The molecule has 1 heterocycles. The van der Waals surface area contributed by atoms with Crippen LogP contribution in [-0.2, 0) is 0 Å². The predicted octanol–water partition coefficient (Wildman–Crippen LogP) is 4.45. The molecule has 2 aromatic rings. The van der Waals surface area contributed by atoms with E-state index in [9.17, 15) is 0 Å². The van der Waals surface area contributed by atoms with Gasteiger partial charge in [-0.05, 0) is 6.42 Å². The summed E-state index contributed by atoms with van der Waals surface area (Å²) in [5, 5.41) is 5.59. The SMILES string of the molecule is CNc1sc(C2C=CC=CC2)nc1-c1ccccc1. The number of aromatic nitrogens is 1. The van der Waals surface area contributed by atoms with Crippen LogP contribution in [0.1, 0.15) is 17.3 Å². The lowest BCUT2D eigenvalue weighted by Crippen LogP contribution is -1.95. The third-order valence-electron chi connectivity index (χ3n) is 3.22. The average Bonchev–Trinajstić information content (AvgIpc) is 2.93. The minimum absolute atomic E-state index is 0.416. The van der Waals surface area contributed by atoms with Crippen molar-refractivity contribution in [1.29, 1.82) is 0 Å². The molecule has 0 aliphatic heterocycles. The Morgan fingerprint density at radius 1 is 1.21 bits per heavy atom. The van der Waals surface area contributed by atoms with Gasteiger partial charge in [0.05, 0.1) is 0 Å². The smallest absolute Gasteiger partial charge is 0.117 e. The van der Waals surface area contributed by atoms with Gasteiger partial charge in [-0.1, -0.05) is 54.6 Å². The van der Waals surface area contributed by atoms with Crippen LogP contribution < -0.4 is 5.32 Å². The molecule has 0 bridgehead atoms. The summed E-state index contributed by atoms with van der Waals surface area (Å²) in [7, 11) is 1.96. The zero-order valence-electron chi connectivity index (χ0n) is 10.8. The molecule has 1 N–H and O–H groups in total. The van der Waals surface area contributed by atoms with Gasteiger partial charge in [0, 0.05) is 18.5 Å². The van der Waals surface area contributed by atoms with E-state index < -0.39 is 0 Å².